The number of benzene rings is 3. The number of aliphatic hydroxyl groups excluding tert-OH is 2. The van der Waals surface area contributed by atoms with E-state index in [-0.39, 0.29) is 13.2 Å². The van der Waals surface area contributed by atoms with Crippen LogP contribution in [0.4, 0.5) is 0 Å². The molecule has 54 heavy (non-hydrogen) atoms. The number of unbranched alkanes of at least 4 members (excludes halogenated alkanes) is 10. The van der Waals surface area contributed by atoms with Crippen LogP contribution in [0.1, 0.15) is 130 Å². The molecule has 0 spiro atoms. The second kappa shape index (κ2) is 29.8. The van der Waals surface area contributed by atoms with Gasteiger partial charge in [-0.05, 0) is 84.8 Å². The number of hydrogen-bond acceptors (Lipinski definition) is 6. The van der Waals surface area contributed by atoms with E-state index in [1.165, 1.54) is 88.2 Å². The molecule has 0 saturated heterocycles. The number of hydrogen-bond donors (Lipinski definition) is 2. The standard InChI is InChI=1S/C48H66O6/c1-3-5-7-9-11-13-15-41-17-21-43(22-18-41)25-26-45-28-30-46(29-27-44-23-19-42(20-24-44)16-14-12-10-8-6-4-2)47(37-45)39-53-35-33-51-31-32-52-34-36-54-40-48(50)38-49/h17-24,28,30,37,48-50H,3-16,31-36,38-40H2,1-2H3. The van der Waals surface area contributed by atoms with Crippen LogP contribution in [0.2, 0.25) is 0 Å². The van der Waals surface area contributed by atoms with Crippen molar-refractivity contribution in [3.05, 3.63) is 106 Å². The van der Waals surface area contributed by atoms with Gasteiger partial charge in [-0.25, -0.2) is 0 Å². The lowest BCUT2D eigenvalue weighted by Crippen LogP contribution is -2.21. The molecule has 0 amide bonds. The van der Waals surface area contributed by atoms with Gasteiger partial charge in [0, 0.05) is 22.3 Å². The summed E-state index contributed by atoms with van der Waals surface area (Å²) in [6.45, 7) is 7.23. The van der Waals surface area contributed by atoms with E-state index in [0.717, 1.165) is 40.7 Å². The first-order chi connectivity index (χ1) is 26.6. The molecule has 0 aromatic heterocycles. The third-order valence-electron chi connectivity index (χ3n) is 9.24. The van der Waals surface area contributed by atoms with Gasteiger partial charge >= 0.3 is 0 Å². The molecule has 0 radical (unpaired) electrons. The van der Waals surface area contributed by atoms with E-state index in [9.17, 15) is 5.11 Å². The minimum Gasteiger partial charge on any atom is -0.394 e. The van der Waals surface area contributed by atoms with Gasteiger partial charge in [-0.2, -0.15) is 0 Å². The van der Waals surface area contributed by atoms with Gasteiger partial charge in [0.25, 0.3) is 0 Å². The molecule has 0 aliphatic heterocycles. The van der Waals surface area contributed by atoms with Crippen molar-refractivity contribution in [3.8, 4) is 23.7 Å². The summed E-state index contributed by atoms with van der Waals surface area (Å²) >= 11 is 0. The summed E-state index contributed by atoms with van der Waals surface area (Å²) in [4.78, 5) is 0. The SMILES string of the molecule is CCCCCCCCc1ccc(C#Cc2ccc(C#Cc3ccc(CCCCCCCC)cc3)c(COCCOCCOCCOCC(O)CO)c2)cc1. The molecule has 0 aliphatic carbocycles. The van der Waals surface area contributed by atoms with Crippen molar-refractivity contribution in [1.82, 2.24) is 0 Å². The van der Waals surface area contributed by atoms with Crippen LogP contribution in [-0.2, 0) is 38.4 Å². The monoisotopic (exact) mass is 738 g/mol. The molecule has 2 N–H and O–H groups in total. The highest BCUT2D eigenvalue weighted by molar-refractivity contribution is 5.52. The second-order valence-corrected chi connectivity index (χ2v) is 14.0. The lowest BCUT2D eigenvalue weighted by Gasteiger charge is -2.10. The van der Waals surface area contributed by atoms with Crippen molar-refractivity contribution in [1.29, 1.82) is 0 Å². The van der Waals surface area contributed by atoms with Gasteiger partial charge < -0.3 is 29.2 Å². The Balaban J connectivity index is 1.54. The highest BCUT2D eigenvalue weighted by Gasteiger charge is 2.05. The zero-order valence-electron chi connectivity index (χ0n) is 33.2. The molecule has 0 aliphatic rings. The minimum absolute atomic E-state index is 0.0934. The Bertz CT molecular complexity index is 1510. The fourth-order valence-electron chi connectivity index (χ4n) is 5.94. The topological polar surface area (TPSA) is 77.4 Å². The van der Waals surface area contributed by atoms with Crippen molar-refractivity contribution in [2.75, 3.05) is 52.9 Å². The molecule has 6 heteroatoms. The van der Waals surface area contributed by atoms with Crippen molar-refractivity contribution >= 4 is 0 Å². The predicted octanol–water partition coefficient (Wildman–Crippen LogP) is 9.21. The molecule has 3 rings (SSSR count). The van der Waals surface area contributed by atoms with Crippen molar-refractivity contribution in [2.24, 2.45) is 0 Å². The maximum atomic E-state index is 9.29. The second-order valence-electron chi connectivity index (χ2n) is 14.0. The smallest absolute Gasteiger partial charge is 0.100 e. The van der Waals surface area contributed by atoms with Crippen molar-refractivity contribution < 1.29 is 29.2 Å². The lowest BCUT2D eigenvalue weighted by atomic mass is 10.0. The molecular formula is C48H66O6. The molecular weight excluding hydrogens is 673 g/mol. The summed E-state index contributed by atoms with van der Waals surface area (Å²) in [7, 11) is 0. The number of aliphatic hydroxyl groups is 2. The quantitative estimate of drug-likeness (QED) is 0.0572. The maximum absolute atomic E-state index is 9.29. The van der Waals surface area contributed by atoms with Crippen LogP contribution in [0.25, 0.3) is 0 Å². The zero-order valence-corrected chi connectivity index (χ0v) is 33.2. The average Bonchev–Trinajstić information content (AvgIpc) is 3.20. The van der Waals surface area contributed by atoms with Gasteiger partial charge in [-0.3, -0.25) is 0 Å². The van der Waals surface area contributed by atoms with Gasteiger partial charge in [-0.15, -0.1) is 0 Å². The Hall–Kier alpha value is -3.46. The minimum atomic E-state index is -0.856. The van der Waals surface area contributed by atoms with E-state index in [1.807, 2.05) is 12.1 Å². The molecule has 1 atom stereocenters. The molecule has 0 fully saturated rings. The van der Waals surface area contributed by atoms with Gasteiger partial charge in [0.05, 0.1) is 59.5 Å². The summed E-state index contributed by atoms with van der Waals surface area (Å²) in [5.74, 6) is 13.5. The number of ether oxygens (including phenoxy) is 4. The van der Waals surface area contributed by atoms with Crippen LogP contribution in [-0.4, -0.2) is 69.2 Å². The van der Waals surface area contributed by atoms with Crippen LogP contribution in [0.3, 0.4) is 0 Å². The molecule has 1 unspecified atom stereocenters. The first kappa shape index (κ1) is 44.9. The molecule has 3 aromatic rings. The molecule has 3 aromatic carbocycles. The van der Waals surface area contributed by atoms with E-state index < -0.39 is 6.10 Å². The summed E-state index contributed by atoms with van der Waals surface area (Å²) in [6, 6.07) is 23.5. The average molecular weight is 739 g/mol. The van der Waals surface area contributed by atoms with E-state index >= 15 is 0 Å². The maximum Gasteiger partial charge on any atom is 0.100 e. The van der Waals surface area contributed by atoms with E-state index in [2.05, 4.69) is 92.1 Å². The third-order valence-corrected chi connectivity index (χ3v) is 9.24. The van der Waals surface area contributed by atoms with Crippen LogP contribution >= 0.6 is 0 Å². The number of rotatable bonds is 28. The molecule has 0 heterocycles. The zero-order chi connectivity index (χ0) is 38.3. The van der Waals surface area contributed by atoms with E-state index in [0.29, 0.717) is 46.2 Å². The number of aryl methyl sites for hydroxylation is 2. The Kier molecular flexibility index (Phi) is 24.8. The third kappa shape index (κ3) is 20.8. The highest BCUT2D eigenvalue weighted by atomic mass is 16.6. The van der Waals surface area contributed by atoms with Crippen LogP contribution < -0.4 is 0 Å². The lowest BCUT2D eigenvalue weighted by molar-refractivity contribution is -0.0273. The van der Waals surface area contributed by atoms with Crippen molar-refractivity contribution in [3.63, 3.8) is 0 Å². The molecule has 0 bridgehead atoms. The fraction of sp³-hybridized carbons (Fsp3) is 0.542. The van der Waals surface area contributed by atoms with Crippen LogP contribution in [0.15, 0.2) is 66.7 Å². The fourth-order valence-corrected chi connectivity index (χ4v) is 5.94. The first-order valence-corrected chi connectivity index (χ1v) is 20.6. The summed E-state index contributed by atoms with van der Waals surface area (Å²) in [5, 5.41) is 18.1. The summed E-state index contributed by atoms with van der Waals surface area (Å²) < 4.78 is 22.4. The molecule has 0 saturated carbocycles. The van der Waals surface area contributed by atoms with E-state index in [4.69, 9.17) is 24.1 Å². The normalized spacial score (nSPS) is 11.5. The highest BCUT2D eigenvalue weighted by Crippen LogP contribution is 2.16. The summed E-state index contributed by atoms with van der Waals surface area (Å²) in [6.07, 6.45) is 17.1. The van der Waals surface area contributed by atoms with Crippen molar-refractivity contribution in [2.45, 2.75) is 116 Å². The van der Waals surface area contributed by atoms with E-state index in [1.54, 1.807) is 0 Å². The molecule has 6 nitrogen and oxygen atoms in total. The Morgan fingerprint density at radius 3 is 1.48 bits per heavy atom. The molecule has 294 valence electrons. The first-order valence-electron chi connectivity index (χ1n) is 20.6. The van der Waals surface area contributed by atoms with Gasteiger partial charge in [0.2, 0.25) is 0 Å². The van der Waals surface area contributed by atoms with Crippen LogP contribution in [0, 0.1) is 23.7 Å². The van der Waals surface area contributed by atoms with Gasteiger partial charge in [0.15, 0.2) is 0 Å². The Morgan fingerprint density at radius 2 is 0.944 bits per heavy atom. The van der Waals surface area contributed by atoms with Gasteiger partial charge in [-0.1, -0.05) is 126 Å². The Labute approximate surface area is 327 Å². The van der Waals surface area contributed by atoms with Crippen LogP contribution in [0.5, 0.6) is 0 Å². The largest absolute Gasteiger partial charge is 0.394 e. The predicted molar refractivity (Wildman–Crippen MR) is 221 cm³/mol. The Morgan fingerprint density at radius 1 is 0.500 bits per heavy atom. The van der Waals surface area contributed by atoms with Gasteiger partial charge in [0.1, 0.15) is 6.10 Å². The summed E-state index contributed by atoms with van der Waals surface area (Å²) in [5.41, 5.74) is 7.62.